The summed E-state index contributed by atoms with van der Waals surface area (Å²) in [5, 5.41) is 20.5. The minimum absolute atomic E-state index is 0.0952. The van der Waals surface area contributed by atoms with E-state index in [2.05, 4.69) is 10.3 Å². The molecular weight excluding hydrogens is 218 g/mol. The fourth-order valence-electron chi connectivity index (χ4n) is 1.40. The van der Waals surface area contributed by atoms with Crippen molar-refractivity contribution < 1.29 is 9.90 Å². The first-order valence-corrected chi connectivity index (χ1v) is 5.29. The van der Waals surface area contributed by atoms with E-state index < -0.39 is 5.97 Å². The third-order valence-corrected chi connectivity index (χ3v) is 2.32. The lowest BCUT2D eigenvalue weighted by atomic mass is 9.98. The van der Waals surface area contributed by atoms with Gasteiger partial charge < -0.3 is 10.4 Å². The van der Waals surface area contributed by atoms with Gasteiger partial charge in [-0.15, -0.1) is 0 Å². The molecule has 0 saturated heterocycles. The summed E-state index contributed by atoms with van der Waals surface area (Å²) < 4.78 is 0. The van der Waals surface area contributed by atoms with E-state index in [0.29, 0.717) is 17.8 Å². The van der Waals surface area contributed by atoms with Gasteiger partial charge in [-0.05, 0) is 32.4 Å². The van der Waals surface area contributed by atoms with Crippen LogP contribution < -0.4 is 5.32 Å². The average Bonchev–Trinajstić information content (AvgIpc) is 2.26. The number of nitriles is 1. The van der Waals surface area contributed by atoms with Crippen molar-refractivity contribution in [1.82, 2.24) is 4.98 Å². The quantitative estimate of drug-likeness (QED) is 0.812. The first-order chi connectivity index (χ1) is 7.93. The van der Waals surface area contributed by atoms with Gasteiger partial charge in [0, 0.05) is 18.2 Å². The molecule has 0 atom stereocenters. The monoisotopic (exact) mass is 233 g/mol. The number of carboxylic acids is 1. The molecule has 0 bridgehead atoms. The highest BCUT2D eigenvalue weighted by molar-refractivity contribution is 5.66. The molecule has 0 unspecified atom stereocenters. The van der Waals surface area contributed by atoms with Crippen LogP contribution in [-0.4, -0.2) is 21.6 Å². The number of rotatable bonds is 5. The number of hydrogen-bond donors (Lipinski definition) is 2. The van der Waals surface area contributed by atoms with E-state index in [-0.39, 0.29) is 12.0 Å². The minimum atomic E-state index is -0.821. The number of carboxylic acid groups (broad SMARTS) is 1. The van der Waals surface area contributed by atoms with Crippen molar-refractivity contribution in [1.29, 1.82) is 5.26 Å². The first kappa shape index (κ1) is 13.0. The average molecular weight is 233 g/mol. The Kier molecular flexibility index (Phi) is 4.05. The van der Waals surface area contributed by atoms with Crippen LogP contribution in [-0.2, 0) is 4.79 Å². The van der Waals surface area contributed by atoms with Crippen LogP contribution in [0.25, 0.3) is 0 Å². The SMILES string of the molecule is CC(C)(CCC(=O)O)Nc1cc(C#N)ccn1. The number of pyridine rings is 1. The number of aliphatic carboxylic acids is 1. The molecule has 2 N–H and O–H groups in total. The molecule has 0 spiro atoms. The summed E-state index contributed by atoms with van der Waals surface area (Å²) in [7, 11) is 0. The van der Waals surface area contributed by atoms with Crippen LogP contribution in [0, 0.1) is 11.3 Å². The van der Waals surface area contributed by atoms with Gasteiger partial charge >= 0.3 is 5.97 Å². The van der Waals surface area contributed by atoms with Crippen molar-refractivity contribution in [2.75, 3.05) is 5.32 Å². The molecule has 0 aromatic carbocycles. The van der Waals surface area contributed by atoms with Crippen LogP contribution in [0.15, 0.2) is 18.3 Å². The fourth-order valence-corrected chi connectivity index (χ4v) is 1.40. The minimum Gasteiger partial charge on any atom is -0.481 e. The van der Waals surface area contributed by atoms with Gasteiger partial charge in [0.25, 0.3) is 0 Å². The normalized spacial score (nSPS) is 10.6. The van der Waals surface area contributed by atoms with Crippen molar-refractivity contribution in [3.63, 3.8) is 0 Å². The molecule has 90 valence electrons. The lowest BCUT2D eigenvalue weighted by Crippen LogP contribution is -2.32. The van der Waals surface area contributed by atoms with Gasteiger partial charge in [0.2, 0.25) is 0 Å². The van der Waals surface area contributed by atoms with Crippen molar-refractivity contribution >= 4 is 11.8 Å². The van der Waals surface area contributed by atoms with Crippen molar-refractivity contribution in [3.05, 3.63) is 23.9 Å². The molecule has 5 nitrogen and oxygen atoms in total. The predicted molar refractivity (Wildman–Crippen MR) is 63.5 cm³/mol. The molecule has 0 aliphatic carbocycles. The van der Waals surface area contributed by atoms with Gasteiger partial charge in [-0.2, -0.15) is 5.26 Å². The Morgan fingerprint density at radius 3 is 2.94 bits per heavy atom. The number of aromatic nitrogens is 1. The summed E-state index contributed by atoms with van der Waals surface area (Å²) in [6.45, 7) is 3.80. The van der Waals surface area contributed by atoms with E-state index in [1.807, 2.05) is 19.9 Å². The molecular formula is C12H15N3O2. The second-order valence-corrected chi connectivity index (χ2v) is 4.44. The third kappa shape index (κ3) is 4.51. The van der Waals surface area contributed by atoms with Gasteiger partial charge in [-0.1, -0.05) is 0 Å². The maximum Gasteiger partial charge on any atom is 0.303 e. The number of anilines is 1. The lowest BCUT2D eigenvalue weighted by molar-refractivity contribution is -0.137. The van der Waals surface area contributed by atoms with E-state index in [9.17, 15) is 4.79 Å². The summed E-state index contributed by atoms with van der Waals surface area (Å²) >= 11 is 0. The molecule has 1 heterocycles. The third-order valence-electron chi connectivity index (χ3n) is 2.32. The summed E-state index contributed by atoms with van der Waals surface area (Å²) in [5.41, 5.74) is 0.149. The van der Waals surface area contributed by atoms with E-state index in [1.54, 1.807) is 18.3 Å². The zero-order valence-electron chi connectivity index (χ0n) is 9.90. The summed E-state index contributed by atoms with van der Waals surface area (Å²) in [4.78, 5) is 14.6. The zero-order valence-corrected chi connectivity index (χ0v) is 9.90. The molecule has 0 aliphatic heterocycles. The molecule has 5 heteroatoms. The van der Waals surface area contributed by atoms with Gasteiger partial charge in [0.1, 0.15) is 5.82 Å². The van der Waals surface area contributed by atoms with Gasteiger partial charge in [-0.3, -0.25) is 4.79 Å². The maximum absolute atomic E-state index is 10.5. The first-order valence-electron chi connectivity index (χ1n) is 5.29. The van der Waals surface area contributed by atoms with Crippen molar-refractivity contribution in [2.24, 2.45) is 0 Å². The van der Waals surface area contributed by atoms with Crippen molar-refractivity contribution in [3.8, 4) is 6.07 Å². The molecule has 0 aliphatic rings. The topological polar surface area (TPSA) is 86.0 Å². The largest absolute Gasteiger partial charge is 0.481 e. The van der Waals surface area contributed by atoms with Crippen LogP contribution in [0.4, 0.5) is 5.82 Å². The van der Waals surface area contributed by atoms with Gasteiger partial charge in [0.15, 0.2) is 0 Å². The Labute approximate surface area is 100 Å². The second kappa shape index (κ2) is 5.30. The summed E-state index contributed by atoms with van der Waals surface area (Å²) in [6, 6.07) is 5.29. The standard InChI is InChI=1S/C12H15N3O2/c1-12(2,5-3-11(16)17)15-10-7-9(8-13)4-6-14-10/h4,6-7H,3,5H2,1-2H3,(H,14,15)(H,16,17). The van der Waals surface area contributed by atoms with E-state index in [4.69, 9.17) is 10.4 Å². The number of nitrogens with one attached hydrogen (secondary N) is 1. The number of carbonyl (C=O) groups is 1. The molecule has 0 radical (unpaired) electrons. The molecule has 0 saturated carbocycles. The number of nitrogens with zero attached hydrogens (tertiary/aromatic N) is 2. The van der Waals surface area contributed by atoms with E-state index in [0.717, 1.165) is 0 Å². The highest BCUT2D eigenvalue weighted by Gasteiger charge is 2.19. The Hall–Kier alpha value is -2.09. The van der Waals surface area contributed by atoms with Gasteiger partial charge in [0.05, 0.1) is 11.6 Å². The van der Waals surface area contributed by atoms with Crippen molar-refractivity contribution in [2.45, 2.75) is 32.2 Å². The lowest BCUT2D eigenvalue weighted by Gasteiger charge is -2.26. The maximum atomic E-state index is 10.5. The highest BCUT2D eigenvalue weighted by atomic mass is 16.4. The van der Waals surface area contributed by atoms with E-state index in [1.165, 1.54) is 0 Å². The number of hydrogen-bond acceptors (Lipinski definition) is 4. The molecule has 1 rings (SSSR count). The second-order valence-electron chi connectivity index (χ2n) is 4.44. The van der Waals surface area contributed by atoms with Crippen LogP contribution in [0.3, 0.4) is 0 Å². The summed E-state index contributed by atoms with van der Waals surface area (Å²) in [6.07, 6.45) is 2.13. The highest BCUT2D eigenvalue weighted by Crippen LogP contribution is 2.18. The zero-order chi connectivity index (χ0) is 12.9. The summed E-state index contributed by atoms with van der Waals surface area (Å²) in [5.74, 6) is -0.238. The Balaban J connectivity index is 2.69. The molecule has 17 heavy (non-hydrogen) atoms. The predicted octanol–water partition coefficient (Wildman–Crippen LogP) is 2.01. The Morgan fingerprint density at radius 2 is 2.35 bits per heavy atom. The van der Waals surface area contributed by atoms with Crippen LogP contribution in [0.2, 0.25) is 0 Å². The Morgan fingerprint density at radius 1 is 1.65 bits per heavy atom. The fraction of sp³-hybridized carbons (Fsp3) is 0.417. The Bertz CT molecular complexity index is 449. The van der Waals surface area contributed by atoms with E-state index >= 15 is 0 Å². The van der Waals surface area contributed by atoms with Crippen LogP contribution in [0.1, 0.15) is 32.3 Å². The molecule has 1 aromatic heterocycles. The molecule has 0 amide bonds. The van der Waals surface area contributed by atoms with Crippen LogP contribution in [0.5, 0.6) is 0 Å². The smallest absolute Gasteiger partial charge is 0.303 e. The van der Waals surface area contributed by atoms with Gasteiger partial charge in [-0.25, -0.2) is 4.98 Å². The molecule has 0 fully saturated rings. The molecule has 1 aromatic rings. The van der Waals surface area contributed by atoms with Crippen LogP contribution >= 0.6 is 0 Å².